The fourth-order valence-electron chi connectivity index (χ4n) is 2.46. The molecule has 0 aromatic heterocycles. The van der Waals surface area contributed by atoms with Gasteiger partial charge in [-0.05, 0) is 12.3 Å². The third kappa shape index (κ3) is 2.04. The average molecular weight is 227 g/mol. The van der Waals surface area contributed by atoms with Gasteiger partial charge in [0.15, 0.2) is 0 Å². The fraction of sp³-hybridized carbons (Fsp3) is 0.818. The van der Waals surface area contributed by atoms with Crippen molar-refractivity contribution in [2.75, 3.05) is 26.3 Å². The lowest BCUT2D eigenvalue weighted by Gasteiger charge is -2.19. The van der Waals surface area contributed by atoms with Gasteiger partial charge < -0.3 is 14.7 Å². The lowest BCUT2D eigenvalue weighted by molar-refractivity contribution is -0.142. The van der Waals surface area contributed by atoms with E-state index in [4.69, 9.17) is 9.84 Å². The molecule has 1 N–H and O–H groups in total. The van der Waals surface area contributed by atoms with Gasteiger partial charge in [0.1, 0.15) is 0 Å². The Bertz CT molecular complexity index is 298. The molecule has 2 aliphatic heterocycles. The summed E-state index contributed by atoms with van der Waals surface area (Å²) in [6.07, 6.45) is 0.765. The number of carboxylic acids is 1. The Morgan fingerprint density at radius 2 is 2.12 bits per heavy atom. The summed E-state index contributed by atoms with van der Waals surface area (Å²) in [6, 6.07) is 0. The number of nitrogens with zero attached hydrogens (tertiary/aromatic N) is 1. The molecule has 0 aromatic carbocycles. The highest BCUT2D eigenvalue weighted by atomic mass is 16.5. The quantitative estimate of drug-likeness (QED) is 0.732. The van der Waals surface area contributed by atoms with E-state index in [0.29, 0.717) is 26.3 Å². The highest BCUT2D eigenvalue weighted by Gasteiger charge is 2.39. The monoisotopic (exact) mass is 227 g/mol. The van der Waals surface area contributed by atoms with E-state index >= 15 is 0 Å². The molecule has 0 aliphatic carbocycles. The number of carboxylic acid groups (broad SMARTS) is 1. The van der Waals surface area contributed by atoms with E-state index in [-0.39, 0.29) is 17.7 Å². The molecule has 0 aromatic rings. The predicted octanol–water partition coefficient (Wildman–Crippen LogP) is 0.202. The summed E-state index contributed by atoms with van der Waals surface area (Å²) >= 11 is 0. The molecular weight excluding hydrogens is 210 g/mol. The Labute approximate surface area is 94.4 Å². The van der Waals surface area contributed by atoms with Gasteiger partial charge in [-0.15, -0.1) is 0 Å². The minimum Gasteiger partial charge on any atom is -0.481 e. The number of carbonyl (C=O) groups excluding carboxylic acids is 1. The smallest absolute Gasteiger partial charge is 0.308 e. The van der Waals surface area contributed by atoms with Gasteiger partial charge in [0, 0.05) is 19.7 Å². The van der Waals surface area contributed by atoms with Gasteiger partial charge in [0.05, 0.1) is 18.4 Å². The minimum absolute atomic E-state index is 0.0452. The molecule has 3 unspecified atom stereocenters. The van der Waals surface area contributed by atoms with Crippen molar-refractivity contribution in [3.05, 3.63) is 0 Å². The molecule has 5 heteroatoms. The number of rotatable bonds is 2. The molecule has 16 heavy (non-hydrogen) atoms. The molecule has 2 saturated heterocycles. The average Bonchev–Trinajstić information content (AvgIpc) is 2.84. The summed E-state index contributed by atoms with van der Waals surface area (Å²) in [5, 5.41) is 8.99. The van der Waals surface area contributed by atoms with Gasteiger partial charge >= 0.3 is 5.97 Å². The van der Waals surface area contributed by atoms with Crippen molar-refractivity contribution in [2.24, 2.45) is 17.8 Å². The van der Waals surface area contributed by atoms with Crippen LogP contribution in [0.2, 0.25) is 0 Å². The topological polar surface area (TPSA) is 66.8 Å². The standard InChI is InChI=1S/C11H17NO4/c1-7-4-12(5-9(7)11(14)15)10(13)8-2-3-16-6-8/h7-9H,2-6H2,1H3,(H,14,15). The van der Waals surface area contributed by atoms with E-state index in [1.54, 1.807) is 4.90 Å². The summed E-state index contributed by atoms with van der Waals surface area (Å²) in [7, 11) is 0. The molecule has 90 valence electrons. The second kappa shape index (κ2) is 4.41. The zero-order valence-corrected chi connectivity index (χ0v) is 9.39. The first-order chi connectivity index (χ1) is 7.59. The number of ether oxygens (including phenoxy) is 1. The Balaban J connectivity index is 1.96. The maximum atomic E-state index is 12.0. The van der Waals surface area contributed by atoms with E-state index < -0.39 is 11.9 Å². The van der Waals surface area contributed by atoms with Gasteiger partial charge in [-0.1, -0.05) is 6.92 Å². The zero-order chi connectivity index (χ0) is 11.7. The van der Waals surface area contributed by atoms with E-state index in [1.165, 1.54) is 0 Å². The van der Waals surface area contributed by atoms with Crippen molar-refractivity contribution in [1.29, 1.82) is 0 Å². The number of hydrogen-bond donors (Lipinski definition) is 1. The lowest BCUT2D eigenvalue weighted by atomic mass is 9.99. The first-order valence-corrected chi connectivity index (χ1v) is 5.69. The van der Waals surface area contributed by atoms with E-state index in [1.807, 2.05) is 6.92 Å². The first-order valence-electron chi connectivity index (χ1n) is 5.69. The van der Waals surface area contributed by atoms with Crippen molar-refractivity contribution in [2.45, 2.75) is 13.3 Å². The van der Waals surface area contributed by atoms with Crippen molar-refractivity contribution < 1.29 is 19.4 Å². The third-order valence-corrected chi connectivity index (χ3v) is 3.52. The van der Waals surface area contributed by atoms with Gasteiger partial charge in [-0.25, -0.2) is 0 Å². The molecule has 0 spiro atoms. The first kappa shape index (κ1) is 11.4. The van der Waals surface area contributed by atoms with Gasteiger partial charge in [0.25, 0.3) is 0 Å². The van der Waals surface area contributed by atoms with Crippen LogP contribution in [0.25, 0.3) is 0 Å². The number of likely N-dealkylation sites (tertiary alicyclic amines) is 1. The Morgan fingerprint density at radius 1 is 1.38 bits per heavy atom. The molecule has 2 heterocycles. The van der Waals surface area contributed by atoms with Gasteiger partial charge in [-0.2, -0.15) is 0 Å². The van der Waals surface area contributed by atoms with Crippen LogP contribution in [-0.2, 0) is 14.3 Å². The van der Waals surface area contributed by atoms with Crippen molar-refractivity contribution >= 4 is 11.9 Å². The molecule has 2 fully saturated rings. The largest absolute Gasteiger partial charge is 0.481 e. The normalized spacial score (nSPS) is 34.3. The third-order valence-electron chi connectivity index (χ3n) is 3.52. The summed E-state index contributed by atoms with van der Waals surface area (Å²) in [6.45, 7) is 3.93. The van der Waals surface area contributed by atoms with Crippen molar-refractivity contribution in [3.63, 3.8) is 0 Å². The van der Waals surface area contributed by atoms with Crippen molar-refractivity contribution in [1.82, 2.24) is 4.90 Å². The molecule has 0 radical (unpaired) electrons. The summed E-state index contributed by atoms with van der Waals surface area (Å²) in [5.41, 5.74) is 0. The molecular formula is C11H17NO4. The molecule has 2 rings (SSSR count). The van der Waals surface area contributed by atoms with E-state index in [2.05, 4.69) is 0 Å². The molecule has 2 aliphatic rings. The van der Waals surface area contributed by atoms with Gasteiger partial charge in [-0.3, -0.25) is 9.59 Å². The van der Waals surface area contributed by atoms with Crippen LogP contribution in [0.15, 0.2) is 0 Å². The molecule has 0 bridgehead atoms. The lowest BCUT2D eigenvalue weighted by Crippen LogP contribution is -2.35. The van der Waals surface area contributed by atoms with E-state index in [0.717, 1.165) is 6.42 Å². The number of amides is 1. The minimum atomic E-state index is -0.800. The molecule has 5 nitrogen and oxygen atoms in total. The highest BCUT2D eigenvalue weighted by molar-refractivity contribution is 5.81. The molecule has 1 amide bonds. The van der Waals surface area contributed by atoms with Crippen LogP contribution >= 0.6 is 0 Å². The van der Waals surface area contributed by atoms with Crippen LogP contribution in [0.4, 0.5) is 0 Å². The van der Waals surface area contributed by atoms with Crippen LogP contribution in [0, 0.1) is 17.8 Å². The summed E-state index contributed by atoms with van der Waals surface area (Å²) < 4.78 is 5.18. The maximum Gasteiger partial charge on any atom is 0.308 e. The number of aliphatic carboxylic acids is 1. The maximum absolute atomic E-state index is 12.0. The predicted molar refractivity (Wildman–Crippen MR) is 55.8 cm³/mol. The van der Waals surface area contributed by atoms with E-state index in [9.17, 15) is 9.59 Å². The summed E-state index contributed by atoms with van der Waals surface area (Å²) in [5.74, 6) is -1.16. The number of hydrogen-bond acceptors (Lipinski definition) is 3. The second-order valence-electron chi connectivity index (χ2n) is 4.73. The zero-order valence-electron chi connectivity index (χ0n) is 9.39. The second-order valence-corrected chi connectivity index (χ2v) is 4.73. The van der Waals surface area contributed by atoms with Crippen LogP contribution in [0.1, 0.15) is 13.3 Å². The fourth-order valence-corrected chi connectivity index (χ4v) is 2.46. The SMILES string of the molecule is CC1CN(C(=O)C2CCOC2)CC1C(=O)O. The van der Waals surface area contributed by atoms with Crippen LogP contribution in [0.3, 0.4) is 0 Å². The Morgan fingerprint density at radius 3 is 2.62 bits per heavy atom. The van der Waals surface area contributed by atoms with Crippen LogP contribution in [-0.4, -0.2) is 48.2 Å². The van der Waals surface area contributed by atoms with Crippen molar-refractivity contribution in [3.8, 4) is 0 Å². The molecule has 0 saturated carbocycles. The number of carbonyl (C=O) groups is 2. The molecule has 3 atom stereocenters. The Kier molecular flexibility index (Phi) is 3.14. The Hall–Kier alpha value is -1.10. The van der Waals surface area contributed by atoms with Crippen LogP contribution in [0.5, 0.6) is 0 Å². The van der Waals surface area contributed by atoms with Gasteiger partial charge in [0.2, 0.25) is 5.91 Å². The van der Waals surface area contributed by atoms with Crippen LogP contribution < -0.4 is 0 Å². The summed E-state index contributed by atoms with van der Waals surface area (Å²) in [4.78, 5) is 24.6. The highest BCUT2D eigenvalue weighted by Crippen LogP contribution is 2.26.